The number of likely N-dealkylation sites (tertiary alicyclic amines) is 1. The molecule has 2 rings (SSSR count). The number of nitrogens with two attached hydrogens (primary N) is 1. The van der Waals surface area contributed by atoms with Crippen LogP contribution in [0.25, 0.3) is 0 Å². The van der Waals surface area contributed by atoms with Crippen LogP contribution >= 0.6 is 11.6 Å². The Labute approximate surface area is 118 Å². The molecule has 1 saturated heterocycles. The first-order valence-electron chi connectivity index (χ1n) is 6.45. The largest absolute Gasteiger partial charge is 0.386 e. The molecule has 5 heteroatoms. The molecule has 0 spiro atoms. The van der Waals surface area contributed by atoms with E-state index in [1.807, 2.05) is 29.2 Å². The fourth-order valence-corrected chi connectivity index (χ4v) is 2.20. The lowest BCUT2D eigenvalue weighted by Crippen LogP contribution is -2.28. The molecular formula is C14H18ClN3O. The number of amides is 1. The highest BCUT2D eigenvalue weighted by molar-refractivity contribution is 6.28. The van der Waals surface area contributed by atoms with Gasteiger partial charge in [-0.2, -0.15) is 0 Å². The Balaban J connectivity index is 1.96. The normalized spacial score (nSPS) is 15.8. The molecule has 19 heavy (non-hydrogen) atoms. The summed E-state index contributed by atoms with van der Waals surface area (Å²) in [4.78, 5) is 18.1. The van der Waals surface area contributed by atoms with E-state index in [-0.39, 0.29) is 11.8 Å². The SMILES string of the molecule is NC(CCl)=Nc1ccc(CC(=O)N2CCCC2)cc1. The van der Waals surface area contributed by atoms with Crippen LogP contribution in [0.5, 0.6) is 0 Å². The number of nitrogens with zero attached hydrogens (tertiary/aromatic N) is 2. The van der Waals surface area contributed by atoms with Crippen LogP contribution in [0.3, 0.4) is 0 Å². The summed E-state index contributed by atoms with van der Waals surface area (Å²) in [5.41, 5.74) is 7.32. The Hall–Kier alpha value is -1.55. The molecule has 1 aliphatic rings. The van der Waals surface area contributed by atoms with Gasteiger partial charge in [0.25, 0.3) is 0 Å². The smallest absolute Gasteiger partial charge is 0.226 e. The van der Waals surface area contributed by atoms with Crippen LogP contribution in [0.15, 0.2) is 29.3 Å². The summed E-state index contributed by atoms with van der Waals surface area (Å²) in [7, 11) is 0. The number of alkyl halides is 1. The lowest BCUT2D eigenvalue weighted by atomic mass is 10.1. The Morgan fingerprint density at radius 3 is 2.47 bits per heavy atom. The van der Waals surface area contributed by atoms with E-state index in [1.165, 1.54) is 0 Å². The Bertz CT molecular complexity index is 464. The summed E-state index contributed by atoms with van der Waals surface area (Å²) in [6.45, 7) is 1.79. The fourth-order valence-electron chi connectivity index (χ4n) is 2.14. The third-order valence-electron chi connectivity index (χ3n) is 3.16. The third kappa shape index (κ3) is 3.96. The summed E-state index contributed by atoms with van der Waals surface area (Å²) < 4.78 is 0. The molecule has 1 aromatic carbocycles. The van der Waals surface area contributed by atoms with Crippen LogP contribution in [0.2, 0.25) is 0 Å². The molecule has 0 bridgehead atoms. The number of benzene rings is 1. The highest BCUT2D eigenvalue weighted by Gasteiger charge is 2.17. The minimum Gasteiger partial charge on any atom is -0.386 e. The molecule has 1 aromatic rings. The number of halogens is 1. The summed E-state index contributed by atoms with van der Waals surface area (Å²) in [6.07, 6.45) is 2.70. The molecule has 4 nitrogen and oxygen atoms in total. The zero-order chi connectivity index (χ0) is 13.7. The number of amidine groups is 1. The molecule has 0 atom stereocenters. The Morgan fingerprint density at radius 2 is 1.89 bits per heavy atom. The zero-order valence-electron chi connectivity index (χ0n) is 10.8. The summed E-state index contributed by atoms with van der Waals surface area (Å²) in [5.74, 6) is 0.812. The van der Waals surface area contributed by atoms with Gasteiger partial charge in [-0.25, -0.2) is 4.99 Å². The molecule has 1 fully saturated rings. The number of hydrogen-bond donors (Lipinski definition) is 1. The van der Waals surface area contributed by atoms with E-state index in [0.717, 1.165) is 37.2 Å². The van der Waals surface area contributed by atoms with Gasteiger partial charge in [0.05, 0.1) is 18.0 Å². The van der Waals surface area contributed by atoms with Crippen LogP contribution in [0.4, 0.5) is 5.69 Å². The summed E-state index contributed by atoms with van der Waals surface area (Å²) >= 11 is 5.57. The van der Waals surface area contributed by atoms with Gasteiger partial charge >= 0.3 is 0 Å². The van der Waals surface area contributed by atoms with E-state index >= 15 is 0 Å². The van der Waals surface area contributed by atoms with Gasteiger partial charge in [-0.05, 0) is 30.5 Å². The predicted molar refractivity (Wildman–Crippen MR) is 78.0 cm³/mol. The monoisotopic (exact) mass is 279 g/mol. The molecule has 0 aliphatic carbocycles. The minimum absolute atomic E-state index is 0.203. The first-order valence-corrected chi connectivity index (χ1v) is 6.98. The van der Waals surface area contributed by atoms with Crippen molar-refractivity contribution in [2.24, 2.45) is 10.7 Å². The Morgan fingerprint density at radius 1 is 1.26 bits per heavy atom. The van der Waals surface area contributed by atoms with Crippen molar-refractivity contribution in [2.45, 2.75) is 19.3 Å². The van der Waals surface area contributed by atoms with Gasteiger partial charge in [-0.15, -0.1) is 11.6 Å². The second-order valence-electron chi connectivity index (χ2n) is 4.67. The van der Waals surface area contributed by atoms with Gasteiger partial charge < -0.3 is 10.6 Å². The van der Waals surface area contributed by atoms with Gasteiger partial charge in [0, 0.05) is 13.1 Å². The maximum Gasteiger partial charge on any atom is 0.226 e. The quantitative estimate of drug-likeness (QED) is 0.521. The third-order valence-corrected chi connectivity index (χ3v) is 3.43. The van der Waals surface area contributed by atoms with E-state index in [2.05, 4.69) is 4.99 Å². The standard InChI is InChI=1S/C14H18ClN3O/c15-10-13(16)17-12-5-3-11(4-6-12)9-14(19)18-7-1-2-8-18/h3-6H,1-2,7-10H2,(H2,16,17). The minimum atomic E-state index is 0.203. The topological polar surface area (TPSA) is 58.7 Å². The lowest BCUT2D eigenvalue weighted by molar-refractivity contribution is -0.129. The molecule has 1 amide bonds. The zero-order valence-corrected chi connectivity index (χ0v) is 11.6. The molecule has 0 aromatic heterocycles. The second kappa shape index (κ2) is 6.57. The van der Waals surface area contributed by atoms with Gasteiger partial charge in [0.15, 0.2) is 0 Å². The molecular weight excluding hydrogens is 262 g/mol. The van der Waals surface area contributed by atoms with E-state index < -0.39 is 0 Å². The molecule has 1 heterocycles. The van der Waals surface area contributed by atoms with Crippen molar-refractivity contribution in [1.29, 1.82) is 0 Å². The average Bonchev–Trinajstić information content (AvgIpc) is 2.95. The molecule has 2 N–H and O–H groups in total. The van der Waals surface area contributed by atoms with Gasteiger partial charge in [0.2, 0.25) is 5.91 Å². The van der Waals surface area contributed by atoms with Crippen molar-refractivity contribution in [1.82, 2.24) is 4.90 Å². The molecule has 0 radical (unpaired) electrons. The number of aliphatic imine (C=N–C) groups is 1. The molecule has 1 aliphatic heterocycles. The number of rotatable bonds is 4. The maximum atomic E-state index is 12.0. The Kier molecular flexibility index (Phi) is 4.80. The highest BCUT2D eigenvalue weighted by Crippen LogP contribution is 2.15. The van der Waals surface area contributed by atoms with Crippen molar-refractivity contribution in [3.8, 4) is 0 Å². The van der Waals surface area contributed by atoms with E-state index in [4.69, 9.17) is 17.3 Å². The van der Waals surface area contributed by atoms with Crippen LogP contribution in [-0.2, 0) is 11.2 Å². The fraction of sp³-hybridized carbons (Fsp3) is 0.429. The van der Waals surface area contributed by atoms with Crippen molar-refractivity contribution in [3.05, 3.63) is 29.8 Å². The van der Waals surface area contributed by atoms with Crippen LogP contribution in [0.1, 0.15) is 18.4 Å². The molecule has 0 saturated carbocycles. The first kappa shape index (κ1) is 13.9. The van der Waals surface area contributed by atoms with Crippen molar-refractivity contribution < 1.29 is 4.79 Å². The summed E-state index contributed by atoms with van der Waals surface area (Å²) in [5, 5.41) is 0. The van der Waals surface area contributed by atoms with Crippen LogP contribution < -0.4 is 5.73 Å². The van der Waals surface area contributed by atoms with E-state index in [0.29, 0.717) is 12.3 Å². The first-order chi connectivity index (χ1) is 9.19. The van der Waals surface area contributed by atoms with E-state index in [1.54, 1.807) is 0 Å². The van der Waals surface area contributed by atoms with Crippen molar-refractivity contribution in [3.63, 3.8) is 0 Å². The highest BCUT2D eigenvalue weighted by atomic mass is 35.5. The van der Waals surface area contributed by atoms with Crippen LogP contribution in [0, 0.1) is 0 Å². The van der Waals surface area contributed by atoms with Gasteiger partial charge in [0.1, 0.15) is 5.84 Å². The number of carbonyl (C=O) groups excluding carboxylic acids is 1. The van der Waals surface area contributed by atoms with Crippen molar-refractivity contribution >= 4 is 29.0 Å². The average molecular weight is 280 g/mol. The van der Waals surface area contributed by atoms with Crippen LogP contribution in [-0.4, -0.2) is 35.6 Å². The van der Waals surface area contributed by atoms with Gasteiger partial charge in [-0.3, -0.25) is 4.79 Å². The lowest BCUT2D eigenvalue weighted by Gasteiger charge is -2.14. The summed E-state index contributed by atoms with van der Waals surface area (Å²) in [6, 6.07) is 7.53. The predicted octanol–water partition coefficient (Wildman–Crippen LogP) is 2.08. The van der Waals surface area contributed by atoms with Crippen molar-refractivity contribution in [2.75, 3.05) is 19.0 Å². The molecule has 0 unspecified atom stereocenters. The number of hydrogen-bond acceptors (Lipinski definition) is 2. The maximum absolute atomic E-state index is 12.0. The molecule has 102 valence electrons. The number of carbonyl (C=O) groups is 1. The van der Waals surface area contributed by atoms with Gasteiger partial charge in [-0.1, -0.05) is 12.1 Å². The van der Waals surface area contributed by atoms with E-state index in [9.17, 15) is 4.79 Å². The second-order valence-corrected chi connectivity index (χ2v) is 4.94.